The number of nitrogens with one attached hydrogen (secondary N) is 1. The lowest BCUT2D eigenvalue weighted by molar-refractivity contribution is -0.185. The van der Waals surface area contributed by atoms with Crippen LogP contribution in [0.2, 0.25) is 0 Å². The minimum Gasteiger partial charge on any atom is -0.478 e. The van der Waals surface area contributed by atoms with Crippen LogP contribution in [0, 0.1) is 5.92 Å². The van der Waals surface area contributed by atoms with E-state index in [9.17, 15) is 37.8 Å². The number of pyridine rings is 1. The molecule has 1 fully saturated rings. The number of hydrogen-bond donors (Lipinski definition) is 4. The zero-order valence-electron chi connectivity index (χ0n) is 16.9. The number of aromatic amines is 1. The monoisotopic (exact) mass is 453 g/mol. The number of carboxylic acids is 2. The van der Waals surface area contributed by atoms with Gasteiger partial charge >= 0.3 is 18.1 Å². The minimum absolute atomic E-state index is 0.0412. The number of anilines is 1. The number of carboxylic acid groups (broad SMARTS) is 2. The highest BCUT2D eigenvalue weighted by atomic mass is 19.4. The van der Waals surface area contributed by atoms with E-state index in [2.05, 4.69) is 4.98 Å². The number of aromatic carboxylic acids is 2. The molecule has 2 aromatic rings. The molecule has 1 saturated heterocycles. The Bertz CT molecular complexity index is 1090. The van der Waals surface area contributed by atoms with Crippen LogP contribution in [0.5, 0.6) is 0 Å². The van der Waals surface area contributed by atoms with Crippen LogP contribution in [0.25, 0.3) is 11.1 Å². The molecule has 32 heavy (non-hydrogen) atoms. The van der Waals surface area contributed by atoms with Crippen molar-refractivity contribution in [3.63, 3.8) is 0 Å². The maximum atomic E-state index is 12.8. The van der Waals surface area contributed by atoms with Crippen LogP contribution in [0.3, 0.4) is 0 Å². The van der Waals surface area contributed by atoms with Crippen LogP contribution in [-0.4, -0.2) is 57.8 Å². The summed E-state index contributed by atoms with van der Waals surface area (Å²) in [4.78, 5) is 39.6. The van der Waals surface area contributed by atoms with Gasteiger partial charge in [0, 0.05) is 12.1 Å². The fourth-order valence-electron chi connectivity index (χ4n) is 3.99. The molecule has 1 aromatic carbocycles. The van der Waals surface area contributed by atoms with E-state index in [0.29, 0.717) is 31.6 Å². The number of carbonyl (C=O) groups is 2. The second kappa shape index (κ2) is 9.03. The molecule has 0 radical (unpaired) electrons. The molecule has 5 N–H and O–H groups in total. The second-order valence-corrected chi connectivity index (χ2v) is 7.71. The Labute approximate surface area is 180 Å². The third kappa shape index (κ3) is 4.93. The first-order chi connectivity index (χ1) is 15.0. The summed E-state index contributed by atoms with van der Waals surface area (Å²) in [6.07, 6.45) is -3.65. The number of aromatic nitrogens is 1. The van der Waals surface area contributed by atoms with Gasteiger partial charge in [-0.3, -0.25) is 4.79 Å². The van der Waals surface area contributed by atoms with Crippen LogP contribution in [0.15, 0.2) is 29.1 Å². The molecule has 2 heterocycles. The molecule has 0 aliphatic carbocycles. The van der Waals surface area contributed by atoms with Crippen molar-refractivity contribution in [1.82, 2.24) is 9.88 Å². The van der Waals surface area contributed by atoms with E-state index in [1.165, 1.54) is 6.07 Å². The average molecular weight is 453 g/mol. The highest BCUT2D eigenvalue weighted by Gasteiger charge is 2.40. The Morgan fingerprint density at radius 1 is 1.12 bits per heavy atom. The van der Waals surface area contributed by atoms with Gasteiger partial charge < -0.3 is 25.8 Å². The first-order valence-corrected chi connectivity index (χ1v) is 9.89. The van der Waals surface area contributed by atoms with Crippen LogP contribution >= 0.6 is 0 Å². The summed E-state index contributed by atoms with van der Waals surface area (Å²) in [6.45, 7) is 1.13. The second-order valence-electron chi connectivity index (χ2n) is 7.71. The number of benzene rings is 1. The number of likely N-dealkylation sites (tertiary alicyclic amines) is 1. The van der Waals surface area contributed by atoms with E-state index in [1.54, 1.807) is 18.2 Å². The van der Waals surface area contributed by atoms with Crippen LogP contribution < -0.4 is 11.3 Å². The summed E-state index contributed by atoms with van der Waals surface area (Å²) in [5, 5.41) is 19.0. The Hall–Kier alpha value is -3.34. The summed E-state index contributed by atoms with van der Waals surface area (Å²) < 4.78 is 38.5. The van der Waals surface area contributed by atoms with E-state index in [1.807, 2.05) is 4.90 Å². The van der Waals surface area contributed by atoms with Crippen molar-refractivity contribution in [3.8, 4) is 11.1 Å². The van der Waals surface area contributed by atoms with Gasteiger partial charge in [0.2, 0.25) is 0 Å². The molecule has 11 heteroatoms. The molecular weight excluding hydrogens is 431 g/mol. The number of nitrogens with two attached hydrogens (primary N) is 1. The SMILES string of the molecule is Nc1[nH]c(=O)c(C(=O)O)c(-c2cccc(CCN3CCC(C(F)(F)F)CC3)c2)c1C(=O)O. The molecular formula is C21H22F3N3O5. The highest BCUT2D eigenvalue weighted by molar-refractivity contribution is 6.07. The van der Waals surface area contributed by atoms with Crippen molar-refractivity contribution in [3.05, 3.63) is 51.3 Å². The van der Waals surface area contributed by atoms with Crippen LogP contribution in [-0.2, 0) is 6.42 Å². The predicted molar refractivity (Wildman–Crippen MR) is 110 cm³/mol. The van der Waals surface area contributed by atoms with Crippen LogP contribution in [0.4, 0.5) is 19.0 Å². The zero-order chi connectivity index (χ0) is 23.6. The quantitative estimate of drug-likeness (QED) is 0.528. The number of H-pyrrole nitrogens is 1. The Morgan fingerprint density at radius 3 is 2.31 bits per heavy atom. The van der Waals surface area contributed by atoms with Gasteiger partial charge in [0.25, 0.3) is 5.56 Å². The summed E-state index contributed by atoms with van der Waals surface area (Å²) in [5.41, 5.74) is 4.00. The average Bonchev–Trinajstić information content (AvgIpc) is 2.71. The van der Waals surface area contributed by atoms with Crippen molar-refractivity contribution in [2.75, 3.05) is 25.4 Å². The van der Waals surface area contributed by atoms with Gasteiger partial charge in [-0.25, -0.2) is 9.59 Å². The molecule has 0 saturated carbocycles. The van der Waals surface area contributed by atoms with E-state index < -0.39 is 46.5 Å². The highest BCUT2D eigenvalue weighted by Crippen LogP contribution is 2.34. The Kier molecular flexibility index (Phi) is 6.58. The lowest BCUT2D eigenvalue weighted by Crippen LogP contribution is -2.39. The Morgan fingerprint density at radius 2 is 1.75 bits per heavy atom. The zero-order valence-corrected chi connectivity index (χ0v) is 16.9. The number of nitrogen functional groups attached to an aromatic ring is 1. The van der Waals surface area contributed by atoms with Gasteiger partial charge in [0.15, 0.2) is 0 Å². The fraction of sp³-hybridized carbons (Fsp3) is 0.381. The first kappa shape index (κ1) is 23.3. The topological polar surface area (TPSA) is 137 Å². The van der Waals surface area contributed by atoms with Crippen molar-refractivity contribution in [2.45, 2.75) is 25.4 Å². The molecule has 1 aromatic heterocycles. The molecule has 3 rings (SSSR count). The summed E-state index contributed by atoms with van der Waals surface area (Å²) in [6, 6.07) is 6.37. The molecule has 0 amide bonds. The standard InChI is InChI=1S/C21H22F3N3O5/c22-21(23,24)13-5-8-27(9-6-13)7-4-11-2-1-3-12(10-11)14-15(19(29)30)17(25)26-18(28)16(14)20(31)32/h1-3,10,13H,4-9H2,(H,29,30)(H,31,32)(H3,25,26,28). The molecule has 0 unspecified atom stereocenters. The van der Waals surface area contributed by atoms with Gasteiger partial charge in [0.1, 0.15) is 16.9 Å². The largest absolute Gasteiger partial charge is 0.478 e. The predicted octanol–water partition coefficient (Wildman–Crippen LogP) is 2.84. The van der Waals surface area contributed by atoms with Crippen molar-refractivity contribution >= 4 is 17.8 Å². The number of alkyl halides is 3. The third-order valence-corrected chi connectivity index (χ3v) is 5.66. The molecule has 0 bridgehead atoms. The van der Waals surface area contributed by atoms with Gasteiger partial charge in [-0.2, -0.15) is 13.2 Å². The molecule has 0 atom stereocenters. The van der Waals surface area contributed by atoms with E-state index >= 15 is 0 Å². The molecule has 172 valence electrons. The molecule has 8 nitrogen and oxygen atoms in total. The lowest BCUT2D eigenvalue weighted by Gasteiger charge is -2.32. The van der Waals surface area contributed by atoms with Gasteiger partial charge in [0.05, 0.1) is 5.92 Å². The van der Waals surface area contributed by atoms with Crippen LogP contribution in [0.1, 0.15) is 39.1 Å². The first-order valence-electron chi connectivity index (χ1n) is 9.89. The van der Waals surface area contributed by atoms with E-state index in [0.717, 1.165) is 0 Å². The van der Waals surface area contributed by atoms with Crippen molar-refractivity contribution in [2.24, 2.45) is 5.92 Å². The lowest BCUT2D eigenvalue weighted by atomic mass is 9.93. The van der Waals surface area contributed by atoms with Crippen molar-refractivity contribution in [1.29, 1.82) is 0 Å². The number of nitrogens with zero attached hydrogens (tertiary/aromatic N) is 1. The number of piperidine rings is 1. The third-order valence-electron chi connectivity index (χ3n) is 5.66. The maximum absolute atomic E-state index is 12.8. The fourth-order valence-corrected chi connectivity index (χ4v) is 3.99. The van der Waals surface area contributed by atoms with Crippen molar-refractivity contribution < 1.29 is 33.0 Å². The molecule has 1 aliphatic heterocycles. The summed E-state index contributed by atoms with van der Waals surface area (Å²) in [5.74, 6) is -4.83. The minimum atomic E-state index is -4.18. The molecule has 0 spiro atoms. The normalized spacial score (nSPS) is 15.6. The van der Waals surface area contributed by atoms with E-state index in [4.69, 9.17) is 5.73 Å². The number of rotatable bonds is 6. The van der Waals surface area contributed by atoms with Gasteiger partial charge in [-0.05, 0) is 43.5 Å². The Balaban J connectivity index is 1.85. The summed E-state index contributed by atoms with van der Waals surface area (Å²) in [7, 11) is 0. The molecule has 1 aliphatic rings. The van der Waals surface area contributed by atoms with E-state index in [-0.39, 0.29) is 24.0 Å². The van der Waals surface area contributed by atoms with Gasteiger partial charge in [-0.1, -0.05) is 24.3 Å². The maximum Gasteiger partial charge on any atom is 0.391 e. The number of halogens is 3. The smallest absolute Gasteiger partial charge is 0.391 e. The van der Waals surface area contributed by atoms with Gasteiger partial charge in [-0.15, -0.1) is 0 Å². The summed E-state index contributed by atoms with van der Waals surface area (Å²) >= 11 is 0. The number of hydrogen-bond acceptors (Lipinski definition) is 5.